The lowest BCUT2D eigenvalue weighted by atomic mass is 9.97. The molecule has 0 saturated carbocycles. The number of cyclic esters (lactones) is 1. The summed E-state index contributed by atoms with van der Waals surface area (Å²) in [6, 6.07) is 2.33. The van der Waals surface area contributed by atoms with Gasteiger partial charge in [0.25, 0.3) is 5.91 Å². The SMILES string of the molecule is Cc1ccsc1C(=O)N1CCC(N2C(=O)OCC2C(C)C)CC1. The second kappa shape index (κ2) is 6.51. The van der Waals surface area contributed by atoms with Gasteiger partial charge in [0.15, 0.2) is 0 Å². The number of aryl methyl sites for hydroxylation is 1. The van der Waals surface area contributed by atoms with Gasteiger partial charge in [-0.05, 0) is 42.7 Å². The van der Waals surface area contributed by atoms with Crippen LogP contribution in [0.3, 0.4) is 0 Å². The highest BCUT2D eigenvalue weighted by Crippen LogP contribution is 2.28. The maximum atomic E-state index is 12.6. The normalized spacial score (nSPS) is 22.8. The molecule has 1 atom stereocenters. The van der Waals surface area contributed by atoms with Crippen molar-refractivity contribution in [3.8, 4) is 0 Å². The number of piperidine rings is 1. The van der Waals surface area contributed by atoms with E-state index in [1.54, 1.807) is 0 Å². The van der Waals surface area contributed by atoms with Crippen molar-refractivity contribution in [2.45, 2.75) is 45.7 Å². The van der Waals surface area contributed by atoms with Gasteiger partial charge in [0, 0.05) is 19.1 Å². The van der Waals surface area contributed by atoms with Crippen LogP contribution >= 0.6 is 11.3 Å². The molecule has 2 saturated heterocycles. The van der Waals surface area contributed by atoms with Gasteiger partial charge < -0.3 is 9.64 Å². The molecule has 2 fully saturated rings. The number of thiophene rings is 1. The fourth-order valence-corrected chi connectivity index (χ4v) is 4.36. The van der Waals surface area contributed by atoms with Crippen molar-refractivity contribution in [1.82, 2.24) is 9.80 Å². The lowest BCUT2D eigenvalue weighted by Gasteiger charge is -2.38. The summed E-state index contributed by atoms with van der Waals surface area (Å²) in [5, 5.41) is 1.96. The third-order valence-electron chi connectivity index (χ3n) is 4.92. The number of ether oxygens (including phenoxy) is 1. The molecule has 0 radical (unpaired) electrons. The van der Waals surface area contributed by atoms with E-state index in [4.69, 9.17) is 4.74 Å². The van der Waals surface area contributed by atoms with Crippen molar-refractivity contribution in [3.05, 3.63) is 21.9 Å². The number of carbonyl (C=O) groups is 2. The molecule has 6 heteroatoms. The van der Waals surface area contributed by atoms with Crippen LogP contribution in [0.4, 0.5) is 4.79 Å². The molecule has 126 valence electrons. The largest absolute Gasteiger partial charge is 0.447 e. The van der Waals surface area contributed by atoms with E-state index in [1.807, 2.05) is 28.2 Å². The third kappa shape index (κ3) is 3.09. The second-order valence-corrected chi connectivity index (χ2v) is 7.67. The number of rotatable bonds is 3. The summed E-state index contributed by atoms with van der Waals surface area (Å²) in [6.45, 7) is 8.12. The predicted molar refractivity (Wildman–Crippen MR) is 89.8 cm³/mol. The monoisotopic (exact) mass is 336 g/mol. The Morgan fingerprint density at radius 2 is 2.04 bits per heavy atom. The van der Waals surface area contributed by atoms with Crippen LogP contribution in [0.5, 0.6) is 0 Å². The highest BCUT2D eigenvalue weighted by Gasteiger charge is 2.41. The molecule has 1 aromatic rings. The Morgan fingerprint density at radius 1 is 1.35 bits per heavy atom. The summed E-state index contributed by atoms with van der Waals surface area (Å²) < 4.78 is 5.25. The first-order valence-electron chi connectivity index (χ1n) is 8.27. The first-order valence-corrected chi connectivity index (χ1v) is 9.15. The van der Waals surface area contributed by atoms with Gasteiger partial charge in [0.05, 0.1) is 10.9 Å². The molecule has 5 nitrogen and oxygen atoms in total. The summed E-state index contributed by atoms with van der Waals surface area (Å²) in [5.74, 6) is 0.509. The van der Waals surface area contributed by atoms with Crippen LogP contribution in [0.1, 0.15) is 41.9 Å². The molecule has 0 spiro atoms. The molecule has 3 heterocycles. The van der Waals surface area contributed by atoms with Gasteiger partial charge in [-0.3, -0.25) is 9.69 Å². The first kappa shape index (κ1) is 16.3. The molecule has 0 aliphatic carbocycles. The Hall–Kier alpha value is -1.56. The molecule has 0 bridgehead atoms. The number of hydrogen-bond acceptors (Lipinski definition) is 4. The Bertz CT molecular complexity index is 590. The molecule has 1 unspecified atom stereocenters. The quantitative estimate of drug-likeness (QED) is 0.852. The Kier molecular flexibility index (Phi) is 4.62. The van der Waals surface area contributed by atoms with E-state index in [2.05, 4.69) is 13.8 Å². The second-order valence-electron chi connectivity index (χ2n) is 6.75. The average molecular weight is 336 g/mol. The molecule has 2 aliphatic heterocycles. The molecule has 2 aliphatic rings. The van der Waals surface area contributed by atoms with Gasteiger partial charge in [0.2, 0.25) is 0 Å². The van der Waals surface area contributed by atoms with Crippen LogP contribution in [0, 0.1) is 12.8 Å². The van der Waals surface area contributed by atoms with Gasteiger partial charge in [-0.1, -0.05) is 13.8 Å². The van der Waals surface area contributed by atoms with Crippen molar-refractivity contribution in [1.29, 1.82) is 0 Å². The summed E-state index contributed by atoms with van der Waals surface area (Å²) in [5.41, 5.74) is 1.05. The fraction of sp³-hybridized carbons (Fsp3) is 0.647. The fourth-order valence-electron chi connectivity index (χ4n) is 3.46. The molecular formula is C17H24N2O3S. The van der Waals surface area contributed by atoms with Crippen LogP contribution < -0.4 is 0 Å². The minimum atomic E-state index is -0.192. The van der Waals surface area contributed by atoms with Gasteiger partial charge in [-0.15, -0.1) is 11.3 Å². The standard InChI is InChI=1S/C17H24N2O3S/c1-11(2)14-10-22-17(21)19(14)13-4-7-18(8-5-13)16(20)15-12(3)6-9-23-15/h6,9,11,13-14H,4-5,7-8,10H2,1-3H3. The zero-order valence-corrected chi connectivity index (χ0v) is 14.8. The van der Waals surface area contributed by atoms with E-state index in [-0.39, 0.29) is 24.1 Å². The van der Waals surface area contributed by atoms with Gasteiger partial charge in [-0.2, -0.15) is 0 Å². The number of nitrogens with zero attached hydrogens (tertiary/aromatic N) is 2. The lowest BCUT2D eigenvalue weighted by molar-refractivity contribution is 0.0623. The molecular weight excluding hydrogens is 312 g/mol. The number of likely N-dealkylation sites (tertiary alicyclic amines) is 1. The van der Waals surface area contributed by atoms with Crippen molar-refractivity contribution in [3.63, 3.8) is 0 Å². The van der Waals surface area contributed by atoms with Crippen LogP contribution in [0.15, 0.2) is 11.4 Å². The smallest absolute Gasteiger partial charge is 0.410 e. The predicted octanol–water partition coefficient (Wildman–Crippen LogP) is 3.14. The lowest BCUT2D eigenvalue weighted by Crippen LogP contribution is -2.50. The van der Waals surface area contributed by atoms with E-state index in [9.17, 15) is 9.59 Å². The molecule has 3 rings (SSSR count). The minimum absolute atomic E-state index is 0.125. The Labute approximate surface area is 141 Å². The zero-order chi connectivity index (χ0) is 16.6. The minimum Gasteiger partial charge on any atom is -0.447 e. The molecule has 1 aromatic heterocycles. The highest BCUT2D eigenvalue weighted by atomic mass is 32.1. The maximum Gasteiger partial charge on any atom is 0.410 e. The Balaban J connectivity index is 1.63. The van der Waals surface area contributed by atoms with Crippen LogP contribution in [0.2, 0.25) is 0 Å². The van der Waals surface area contributed by atoms with Crippen molar-refractivity contribution in [2.75, 3.05) is 19.7 Å². The van der Waals surface area contributed by atoms with Crippen molar-refractivity contribution >= 4 is 23.3 Å². The zero-order valence-electron chi connectivity index (χ0n) is 13.9. The summed E-state index contributed by atoms with van der Waals surface area (Å²) >= 11 is 1.51. The molecule has 0 N–H and O–H groups in total. The van der Waals surface area contributed by atoms with E-state index < -0.39 is 0 Å². The van der Waals surface area contributed by atoms with E-state index in [0.717, 1.165) is 23.3 Å². The van der Waals surface area contributed by atoms with Crippen molar-refractivity contribution in [2.24, 2.45) is 5.92 Å². The highest BCUT2D eigenvalue weighted by molar-refractivity contribution is 7.12. The summed E-state index contributed by atoms with van der Waals surface area (Å²) in [6.07, 6.45) is 1.46. The van der Waals surface area contributed by atoms with Crippen LogP contribution in [-0.2, 0) is 4.74 Å². The maximum absolute atomic E-state index is 12.6. The van der Waals surface area contributed by atoms with Gasteiger partial charge in [0.1, 0.15) is 6.61 Å². The van der Waals surface area contributed by atoms with Crippen LogP contribution in [0.25, 0.3) is 0 Å². The number of hydrogen-bond donors (Lipinski definition) is 0. The van der Waals surface area contributed by atoms with E-state index >= 15 is 0 Å². The van der Waals surface area contributed by atoms with E-state index in [0.29, 0.717) is 25.6 Å². The van der Waals surface area contributed by atoms with Crippen molar-refractivity contribution < 1.29 is 14.3 Å². The third-order valence-corrected chi connectivity index (χ3v) is 5.92. The van der Waals surface area contributed by atoms with Gasteiger partial charge >= 0.3 is 6.09 Å². The Morgan fingerprint density at radius 3 is 2.61 bits per heavy atom. The molecule has 23 heavy (non-hydrogen) atoms. The number of amides is 2. The summed E-state index contributed by atoms with van der Waals surface area (Å²) in [4.78, 5) is 29.3. The topological polar surface area (TPSA) is 49.9 Å². The first-order chi connectivity index (χ1) is 11.0. The average Bonchev–Trinajstić information content (AvgIpc) is 3.12. The number of carbonyl (C=O) groups excluding carboxylic acids is 2. The van der Waals surface area contributed by atoms with E-state index in [1.165, 1.54) is 11.3 Å². The summed E-state index contributed by atoms with van der Waals surface area (Å²) in [7, 11) is 0. The molecule has 2 amide bonds. The van der Waals surface area contributed by atoms with Crippen LogP contribution in [-0.4, -0.2) is 53.6 Å². The molecule has 0 aromatic carbocycles. The van der Waals surface area contributed by atoms with Gasteiger partial charge in [-0.25, -0.2) is 4.79 Å².